The van der Waals surface area contributed by atoms with Crippen molar-refractivity contribution >= 4 is 61.2 Å². The Kier molecular flexibility index (Phi) is 8.65. The van der Waals surface area contributed by atoms with Gasteiger partial charge in [0, 0.05) is 87.4 Å². The molecule has 0 saturated heterocycles. The molecule has 67 heavy (non-hydrogen) atoms. The molecule has 6 heterocycles. The number of para-hydroxylation sites is 3. The van der Waals surface area contributed by atoms with Crippen molar-refractivity contribution in [3.05, 3.63) is 217 Å². The van der Waals surface area contributed by atoms with Crippen LogP contribution in [-0.4, -0.2) is 30.9 Å². The van der Waals surface area contributed by atoms with E-state index in [1.165, 1.54) is 88.8 Å². The van der Waals surface area contributed by atoms with Crippen LogP contribution in [0.1, 0.15) is 35.1 Å². The van der Waals surface area contributed by atoms with Crippen LogP contribution in [0.25, 0.3) is 88.4 Å². The zero-order valence-corrected chi connectivity index (χ0v) is 37.8. The van der Waals surface area contributed by atoms with E-state index in [2.05, 4.69) is 227 Å². The molecule has 0 amide bonds. The van der Waals surface area contributed by atoms with Gasteiger partial charge in [-0.2, -0.15) is 0 Å². The molecule has 0 saturated carbocycles. The summed E-state index contributed by atoms with van der Waals surface area (Å²) < 4.78 is 4.73. The molecule has 320 valence electrons. The number of fused-ring (bicyclic) bond motifs is 9. The van der Waals surface area contributed by atoms with Gasteiger partial charge in [-0.1, -0.05) is 72.8 Å². The van der Waals surface area contributed by atoms with Crippen LogP contribution < -0.4 is 4.90 Å². The Morgan fingerprint density at radius 2 is 0.925 bits per heavy atom. The van der Waals surface area contributed by atoms with Crippen LogP contribution in [0.5, 0.6) is 0 Å². The molecular formula is C61H46N6. The molecule has 2 aliphatic heterocycles. The molecular weight excluding hydrogens is 817 g/mol. The minimum Gasteiger partial charge on any atom is -0.331 e. The molecule has 11 aromatic rings. The standard InChI is InChI=1S/C61H46N6/c1-38-29-44(65-56-14-8-5-11-50(56)53-35-62-26-23-58(53)65)17-20-47(38)41-32-42(48-21-18-45(30-39(48)2)66-57-15-9-6-12-51(57)54-36-63-27-24-59(54)66)34-43(33-41)49-22-19-46(31-40(49)3)67-60-16-10-7-13-52(60)55-37-64-28-25-61(55,67)4/h5-37,55H,1-4H3. The lowest BCUT2D eigenvalue weighted by Crippen LogP contribution is -2.43. The third-order valence-corrected chi connectivity index (χ3v) is 14.6. The van der Waals surface area contributed by atoms with E-state index in [4.69, 9.17) is 0 Å². The third-order valence-electron chi connectivity index (χ3n) is 14.6. The quantitative estimate of drug-likeness (QED) is 0.167. The van der Waals surface area contributed by atoms with Crippen molar-refractivity contribution in [2.75, 3.05) is 4.90 Å². The molecule has 0 bridgehead atoms. The molecule has 0 N–H and O–H groups in total. The molecule has 6 nitrogen and oxygen atoms in total. The number of hydrogen-bond acceptors (Lipinski definition) is 4. The third kappa shape index (κ3) is 5.92. The number of aromatic nitrogens is 4. The van der Waals surface area contributed by atoms with E-state index >= 15 is 0 Å². The number of aryl methyl sites for hydroxylation is 3. The molecule has 2 unspecified atom stereocenters. The normalized spacial score (nSPS) is 16.4. The lowest BCUT2D eigenvalue weighted by molar-refractivity contribution is 0.565. The van der Waals surface area contributed by atoms with Gasteiger partial charge >= 0.3 is 0 Å². The maximum Gasteiger partial charge on any atom is 0.0742 e. The van der Waals surface area contributed by atoms with E-state index < -0.39 is 0 Å². The minimum absolute atomic E-state index is 0.177. The molecule has 0 radical (unpaired) electrons. The fourth-order valence-electron chi connectivity index (χ4n) is 11.4. The highest BCUT2D eigenvalue weighted by atomic mass is 15.2. The van der Waals surface area contributed by atoms with Gasteiger partial charge in [0.05, 0.1) is 27.6 Å². The van der Waals surface area contributed by atoms with Gasteiger partial charge in [0.25, 0.3) is 0 Å². The minimum atomic E-state index is -0.258. The maximum atomic E-state index is 4.59. The predicted molar refractivity (Wildman–Crippen MR) is 279 cm³/mol. The highest BCUT2D eigenvalue weighted by molar-refractivity contribution is 6.10. The van der Waals surface area contributed by atoms with Crippen molar-refractivity contribution in [3.63, 3.8) is 0 Å². The SMILES string of the molecule is Cc1cc(N2c3ccccc3C3C=NC=CC32C)ccc1-c1cc(-c2ccc(-n3c4ccccc4c4cnccc43)cc2C)cc(-c2ccc(-n3c4ccccc4c4cnccc43)cc2C)c1. The summed E-state index contributed by atoms with van der Waals surface area (Å²) >= 11 is 0. The Labute approximate surface area is 389 Å². The first-order valence-electron chi connectivity index (χ1n) is 23.1. The topological polar surface area (TPSA) is 51.2 Å². The maximum absolute atomic E-state index is 4.59. The van der Waals surface area contributed by atoms with Crippen LogP contribution >= 0.6 is 0 Å². The number of aliphatic imine (C=N–C) groups is 1. The highest BCUT2D eigenvalue weighted by Gasteiger charge is 2.47. The molecule has 13 rings (SSSR count). The first-order chi connectivity index (χ1) is 32.8. The summed E-state index contributed by atoms with van der Waals surface area (Å²) in [7, 11) is 0. The van der Waals surface area contributed by atoms with Crippen LogP contribution in [0.3, 0.4) is 0 Å². The lowest BCUT2D eigenvalue weighted by Gasteiger charge is -2.39. The Bertz CT molecular complexity index is 3620. The van der Waals surface area contributed by atoms with Crippen molar-refractivity contribution in [2.24, 2.45) is 4.99 Å². The summed E-state index contributed by atoms with van der Waals surface area (Å²) in [6, 6.07) is 58.3. The number of anilines is 2. The predicted octanol–water partition coefficient (Wildman–Crippen LogP) is 15.2. The first kappa shape index (κ1) is 39.1. The van der Waals surface area contributed by atoms with Crippen LogP contribution in [0, 0.1) is 20.8 Å². The van der Waals surface area contributed by atoms with E-state index in [-0.39, 0.29) is 11.5 Å². The molecule has 0 spiro atoms. The summed E-state index contributed by atoms with van der Waals surface area (Å²) in [5.41, 5.74) is 21.2. The average molecular weight is 863 g/mol. The second-order valence-corrected chi connectivity index (χ2v) is 18.5. The van der Waals surface area contributed by atoms with Gasteiger partial charge in [-0.05, 0) is 174 Å². The lowest BCUT2D eigenvalue weighted by atomic mass is 9.83. The van der Waals surface area contributed by atoms with Crippen LogP contribution in [0.4, 0.5) is 11.4 Å². The highest BCUT2D eigenvalue weighted by Crippen LogP contribution is 2.53. The second-order valence-electron chi connectivity index (χ2n) is 18.5. The Balaban J connectivity index is 0.959. The monoisotopic (exact) mass is 862 g/mol. The van der Waals surface area contributed by atoms with Gasteiger partial charge in [0.2, 0.25) is 0 Å². The number of hydrogen-bond donors (Lipinski definition) is 0. The fourth-order valence-corrected chi connectivity index (χ4v) is 11.4. The molecule has 0 aliphatic carbocycles. The van der Waals surface area contributed by atoms with Gasteiger partial charge in [-0.3, -0.25) is 15.0 Å². The van der Waals surface area contributed by atoms with E-state index in [1.807, 2.05) is 31.0 Å². The van der Waals surface area contributed by atoms with Crippen LogP contribution in [0.15, 0.2) is 200 Å². The van der Waals surface area contributed by atoms with Gasteiger partial charge in [-0.25, -0.2) is 0 Å². The van der Waals surface area contributed by atoms with Crippen molar-refractivity contribution in [1.82, 2.24) is 19.1 Å². The number of rotatable bonds is 6. The van der Waals surface area contributed by atoms with E-state index in [0.717, 1.165) is 33.2 Å². The van der Waals surface area contributed by atoms with Gasteiger partial charge in [-0.15, -0.1) is 0 Å². The molecule has 4 aromatic heterocycles. The Hall–Kier alpha value is -8.35. The Morgan fingerprint density at radius 3 is 1.46 bits per heavy atom. The Morgan fingerprint density at radius 1 is 0.463 bits per heavy atom. The van der Waals surface area contributed by atoms with Gasteiger partial charge in [0.1, 0.15) is 0 Å². The van der Waals surface area contributed by atoms with Crippen LogP contribution in [-0.2, 0) is 0 Å². The fraction of sp³-hybridized carbons (Fsp3) is 0.0984. The summed E-state index contributed by atoms with van der Waals surface area (Å²) in [4.78, 5) is 16.1. The van der Waals surface area contributed by atoms with E-state index in [9.17, 15) is 0 Å². The second kappa shape index (κ2) is 14.8. The molecule has 2 atom stereocenters. The van der Waals surface area contributed by atoms with Crippen molar-refractivity contribution in [2.45, 2.75) is 39.2 Å². The summed E-state index contributed by atoms with van der Waals surface area (Å²) in [6.45, 7) is 9.08. The molecule has 0 fully saturated rings. The van der Waals surface area contributed by atoms with Gasteiger partial charge in [0.15, 0.2) is 0 Å². The summed E-state index contributed by atoms with van der Waals surface area (Å²) in [6.07, 6.45) is 14.1. The molecule has 2 aliphatic rings. The summed E-state index contributed by atoms with van der Waals surface area (Å²) in [5, 5.41) is 4.72. The number of pyridine rings is 2. The molecule has 7 aromatic carbocycles. The first-order valence-corrected chi connectivity index (χ1v) is 23.1. The average Bonchev–Trinajstić information content (AvgIpc) is 3.97. The number of nitrogens with zero attached hydrogens (tertiary/aromatic N) is 6. The smallest absolute Gasteiger partial charge is 0.0742 e. The van der Waals surface area contributed by atoms with E-state index in [1.54, 1.807) is 0 Å². The van der Waals surface area contributed by atoms with E-state index in [0.29, 0.717) is 0 Å². The zero-order chi connectivity index (χ0) is 45.0. The zero-order valence-electron chi connectivity index (χ0n) is 37.8. The number of benzene rings is 7. The van der Waals surface area contributed by atoms with Crippen LogP contribution in [0.2, 0.25) is 0 Å². The summed E-state index contributed by atoms with van der Waals surface area (Å²) in [5.74, 6) is 0.177. The van der Waals surface area contributed by atoms with Crippen molar-refractivity contribution in [1.29, 1.82) is 0 Å². The van der Waals surface area contributed by atoms with Crippen molar-refractivity contribution < 1.29 is 0 Å². The largest absolute Gasteiger partial charge is 0.331 e. The van der Waals surface area contributed by atoms with Gasteiger partial charge < -0.3 is 14.0 Å². The molecule has 6 heteroatoms. The van der Waals surface area contributed by atoms with Crippen molar-refractivity contribution in [3.8, 4) is 44.8 Å².